The Hall–Kier alpha value is -0.890. The van der Waals surface area contributed by atoms with Crippen molar-refractivity contribution in [2.45, 2.75) is 26.8 Å². The molecule has 1 aliphatic rings. The maximum Gasteiger partial charge on any atom is 0.0584 e. The zero-order valence-corrected chi connectivity index (χ0v) is 8.75. The molecule has 1 rings (SSSR count). The molecule has 0 unspecified atom stereocenters. The molecule has 0 aromatic heterocycles. The Bertz CT molecular complexity index is 249. The van der Waals surface area contributed by atoms with Crippen LogP contribution >= 0.6 is 0 Å². The summed E-state index contributed by atoms with van der Waals surface area (Å²) in [4.78, 5) is 6.74. The van der Waals surface area contributed by atoms with Gasteiger partial charge in [0.05, 0.1) is 5.70 Å². The lowest BCUT2D eigenvalue weighted by Gasteiger charge is -2.19. The first-order valence-corrected chi connectivity index (χ1v) is 4.76. The fourth-order valence-corrected chi connectivity index (χ4v) is 1.49. The zero-order valence-electron chi connectivity index (χ0n) is 8.75. The second-order valence-corrected chi connectivity index (χ2v) is 3.56. The van der Waals surface area contributed by atoms with Crippen LogP contribution in [0, 0.1) is 0 Å². The van der Waals surface area contributed by atoms with Crippen molar-refractivity contribution in [3.05, 3.63) is 23.9 Å². The van der Waals surface area contributed by atoms with Gasteiger partial charge in [-0.3, -0.25) is 9.89 Å². The number of hydrogen-bond donors (Lipinski definition) is 0. The monoisotopic (exact) mass is 178 g/mol. The highest BCUT2D eigenvalue weighted by Gasteiger charge is 2.21. The predicted octanol–water partition coefficient (Wildman–Crippen LogP) is 2.24. The normalized spacial score (nSPS) is 19.4. The van der Waals surface area contributed by atoms with Crippen LogP contribution in [0.2, 0.25) is 0 Å². The van der Waals surface area contributed by atoms with E-state index < -0.39 is 0 Å². The van der Waals surface area contributed by atoms with Gasteiger partial charge in [-0.05, 0) is 26.3 Å². The van der Waals surface area contributed by atoms with E-state index in [9.17, 15) is 0 Å². The average molecular weight is 178 g/mol. The van der Waals surface area contributed by atoms with Gasteiger partial charge in [0, 0.05) is 25.3 Å². The van der Waals surface area contributed by atoms with Gasteiger partial charge in [-0.2, -0.15) is 0 Å². The lowest BCUT2D eigenvalue weighted by atomic mass is 10.2. The molecule has 0 atom stereocenters. The molecule has 0 bridgehead atoms. The summed E-state index contributed by atoms with van der Waals surface area (Å²) in [6.07, 6.45) is 3.77. The lowest BCUT2D eigenvalue weighted by molar-refractivity contribution is 0.281. The molecule has 2 nitrogen and oxygen atoms in total. The molecule has 0 amide bonds. The molecule has 0 aromatic rings. The summed E-state index contributed by atoms with van der Waals surface area (Å²) in [6.45, 7) is 12.1. The second kappa shape index (κ2) is 4.38. The molecule has 0 aromatic carbocycles. The van der Waals surface area contributed by atoms with Crippen molar-refractivity contribution in [1.82, 2.24) is 4.90 Å². The van der Waals surface area contributed by atoms with Gasteiger partial charge >= 0.3 is 0 Å². The van der Waals surface area contributed by atoms with Crippen molar-refractivity contribution in [3.8, 4) is 0 Å². The molecule has 0 aliphatic carbocycles. The van der Waals surface area contributed by atoms with Crippen LogP contribution in [0.25, 0.3) is 0 Å². The van der Waals surface area contributed by atoms with Gasteiger partial charge in [0.1, 0.15) is 0 Å². The highest BCUT2D eigenvalue weighted by Crippen LogP contribution is 2.20. The van der Waals surface area contributed by atoms with E-state index in [2.05, 4.69) is 30.3 Å². The van der Waals surface area contributed by atoms with Crippen LogP contribution in [0.5, 0.6) is 0 Å². The molecule has 72 valence electrons. The number of aliphatic imine (C=N–C) groups is 1. The van der Waals surface area contributed by atoms with Crippen molar-refractivity contribution >= 4 is 6.21 Å². The summed E-state index contributed by atoms with van der Waals surface area (Å²) >= 11 is 0. The molecule has 0 N–H and O–H groups in total. The topological polar surface area (TPSA) is 15.6 Å². The molecule has 1 aliphatic heterocycles. The smallest absolute Gasteiger partial charge is 0.0584 e. The van der Waals surface area contributed by atoms with Crippen LogP contribution in [0.1, 0.15) is 20.8 Å². The highest BCUT2D eigenvalue weighted by molar-refractivity contribution is 5.56. The van der Waals surface area contributed by atoms with E-state index in [0.29, 0.717) is 6.04 Å². The SMILES string of the molecule is C=CC1=C(N=CC)CN(C(C)C)C1. The van der Waals surface area contributed by atoms with Crippen molar-refractivity contribution in [2.75, 3.05) is 13.1 Å². The Kier molecular flexibility index (Phi) is 3.43. The van der Waals surface area contributed by atoms with Crippen molar-refractivity contribution in [3.63, 3.8) is 0 Å². The quantitative estimate of drug-likeness (QED) is 0.605. The Balaban J connectivity index is 2.74. The fourth-order valence-electron chi connectivity index (χ4n) is 1.49. The first kappa shape index (κ1) is 10.2. The van der Waals surface area contributed by atoms with E-state index in [0.717, 1.165) is 13.1 Å². The Morgan fingerprint density at radius 2 is 2.15 bits per heavy atom. The Morgan fingerprint density at radius 3 is 2.62 bits per heavy atom. The maximum absolute atomic E-state index is 4.35. The van der Waals surface area contributed by atoms with E-state index in [1.807, 2.05) is 19.2 Å². The average Bonchev–Trinajstić information content (AvgIpc) is 2.48. The minimum atomic E-state index is 0.583. The van der Waals surface area contributed by atoms with Gasteiger partial charge in [-0.25, -0.2) is 0 Å². The van der Waals surface area contributed by atoms with Crippen LogP contribution in [0.15, 0.2) is 28.9 Å². The second-order valence-electron chi connectivity index (χ2n) is 3.56. The van der Waals surface area contributed by atoms with E-state index in [1.54, 1.807) is 0 Å². The number of hydrogen-bond acceptors (Lipinski definition) is 2. The minimum Gasteiger partial charge on any atom is -0.291 e. The molecule has 13 heavy (non-hydrogen) atoms. The van der Waals surface area contributed by atoms with Crippen molar-refractivity contribution < 1.29 is 0 Å². The van der Waals surface area contributed by atoms with E-state index >= 15 is 0 Å². The maximum atomic E-state index is 4.35. The standard InChI is InChI=1S/C11H18N2/c1-5-10-7-13(9(3)4)8-11(10)12-6-2/h5-6,9H,1,7-8H2,2-4H3. The van der Waals surface area contributed by atoms with Crippen LogP contribution in [-0.4, -0.2) is 30.2 Å². The van der Waals surface area contributed by atoms with Crippen LogP contribution < -0.4 is 0 Å². The summed E-state index contributed by atoms with van der Waals surface area (Å²) < 4.78 is 0. The van der Waals surface area contributed by atoms with Gasteiger partial charge in [-0.15, -0.1) is 0 Å². The summed E-state index contributed by atoms with van der Waals surface area (Å²) in [5, 5.41) is 0. The van der Waals surface area contributed by atoms with Gasteiger partial charge in [0.2, 0.25) is 0 Å². The summed E-state index contributed by atoms with van der Waals surface area (Å²) in [5.74, 6) is 0. The third-order valence-corrected chi connectivity index (χ3v) is 2.36. The third kappa shape index (κ3) is 2.28. The van der Waals surface area contributed by atoms with E-state index in [4.69, 9.17) is 0 Å². The molecule has 0 saturated carbocycles. The Labute approximate surface area is 80.7 Å². The van der Waals surface area contributed by atoms with Crippen LogP contribution in [-0.2, 0) is 0 Å². The molecule has 0 radical (unpaired) electrons. The molecule has 0 spiro atoms. The number of nitrogens with zero attached hydrogens (tertiary/aromatic N) is 2. The van der Waals surface area contributed by atoms with Crippen LogP contribution in [0.4, 0.5) is 0 Å². The van der Waals surface area contributed by atoms with E-state index in [1.165, 1.54) is 11.3 Å². The molecule has 1 heterocycles. The van der Waals surface area contributed by atoms with Crippen molar-refractivity contribution in [1.29, 1.82) is 0 Å². The van der Waals surface area contributed by atoms with Gasteiger partial charge < -0.3 is 0 Å². The van der Waals surface area contributed by atoms with Gasteiger partial charge in [-0.1, -0.05) is 12.7 Å². The van der Waals surface area contributed by atoms with Gasteiger partial charge in [0.25, 0.3) is 0 Å². The summed E-state index contributed by atoms with van der Waals surface area (Å²) in [5.41, 5.74) is 2.44. The minimum absolute atomic E-state index is 0.583. The zero-order chi connectivity index (χ0) is 9.84. The fraction of sp³-hybridized carbons (Fsp3) is 0.545. The number of rotatable bonds is 3. The first-order valence-electron chi connectivity index (χ1n) is 4.76. The first-order chi connectivity index (χ1) is 6.19. The largest absolute Gasteiger partial charge is 0.291 e. The van der Waals surface area contributed by atoms with Crippen molar-refractivity contribution in [2.24, 2.45) is 4.99 Å². The lowest BCUT2D eigenvalue weighted by Crippen LogP contribution is -2.28. The molecule has 0 fully saturated rings. The highest BCUT2D eigenvalue weighted by atomic mass is 15.2. The van der Waals surface area contributed by atoms with E-state index in [-0.39, 0.29) is 0 Å². The molecular formula is C11H18N2. The van der Waals surface area contributed by atoms with Gasteiger partial charge in [0.15, 0.2) is 0 Å². The molecular weight excluding hydrogens is 160 g/mol. The molecule has 2 heteroatoms. The third-order valence-electron chi connectivity index (χ3n) is 2.36. The Morgan fingerprint density at radius 1 is 1.46 bits per heavy atom. The predicted molar refractivity (Wildman–Crippen MR) is 58.1 cm³/mol. The molecule has 0 saturated heterocycles. The van der Waals surface area contributed by atoms with Crippen LogP contribution in [0.3, 0.4) is 0 Å². The summed E-state index contributed by atoms with van der Waals surface area (Å²) in [6, 6.07) is 0.583. The summed E-state index contributed by atoms with van der Waals surface area (Å²) in [7, 11) is 0.